The van der Waals surface area contributed by atoms with E-state index in [4.69, 9.17) is 19.7 Å². The van der Waals surface area contributed by atoms with Crippen LogP contribution in [0.2, 0.25) is 0 Å². The van der Waals surface area contributed by atoms with Crippen LogP contribution in [0.25, 0.3) is 11.4 Å². The molecule has 2 aromatic heterocycles. The van der Waals surface area contributed by atoms with E-state index in [1.54, 1.807) is 19.4 Å². The minimum Gasteiger partial charge on any atom is -0.481 e. The Morgan fingerprint density at radius 1 is 1.39 bits per heavy atom. The fourth-order valence-corrected chi connectivity index (χ4v) is 2.95. The molecule has 2 unspecified atom stereocenters. The van der Waals surface area contributed by atoms with E-state index in [1.807, 2.05) is 13.0 Å². The highest BCUT2D eigenvalue weighted by Gasteiger charge is 2.62. The molecule has 0 radical (unpaired) electrons. The molecule has 0 bridgehead atoms. The second kappa shape index (κ2) is 5.58. The molecule has 0 aromatic carbocycles. The standard InChI is InChI=1S/C16H22N4O3/c1-5-22-11-8-16(17,15(11,2)3)14-19-13(20-23-14)10-6-7-12(21-4)18-9-10/h6-7,9,11H,5,8,17H2,1-4H3. The molecule has 0 aliphatic heterocycles. The number of nitrogens with zero attached hydrogens (tertiary/aromatic N) is 3. The summed E-state index contributed by atoms with van der Waals surface area (Å²) in [5.41, 5.74) is 6.35. The van der Waals surface area contributed by atoms with Gasteiger partial charge >= 0.3 is 0 Å². The van der Waals surface area contributed by atoms with Crippen molar-refractivity contribution in [3.8, 4) is 17.3 Å². The molecule has 1 aliphatic rings. The van der Waals surface area contributed by atoms with Gasteiger partial charge in [0.2, 0.25) is 17.6 Å². The van der Waals surface area contributed by atoms with Crippen molar-refractivity contribution < 1.29 is 14.0 Å². The predicted molar refractivity (Wildman–Crippen MR) is 83.8 cm³/mol. The number of aromatic nitrogens is 3. The maximum atomic E-state index is 6.55. The lowest BCUT2D eigenvalue weighted by atomic mass is 9.54. The lowest BCUT2D eigenvalue weighted by molar-refractivity contribution is -0.162. The lowest BCUT2D eigenvalue weighted by Crippen LogP contribution is -2.67. The van der Waals surface area contributed by atoms with Gasteiger partial charge in [0.25, 0.3) is 0 Å². The Bertz CT molecular complexity index is 683. The molecule has 23 heavy (non-hydrogen) atoms. The summed E-state index contributed by atoms with van der Waals surface area (Å²) in [5.74, 6) is 1.44. The van der Waals surface area contributed by atoms with Crippen LogP contribution in [0.15, 0.2) is 22.9 Å². The number of ether oxygens (including phenoxy) is 2. The van der Waals surface area contributed by atoms with Crippen LogP contribution < -0.4 is 10.5 Å². The van der Waals surface area contributed by atoms with E-state index in [1.165, 1.54) is 0 Å². The zero-order valence-corrected chi connectivity index (χ0v) is 13.9. The molecule has 0 spiro atoms. The summed E-state index contributed by atoms with van der Waals surface area (Å²) in [7, 11) is 1.57. The van der Waals surface area contributed by atoms with E-state index in [0.717, 1.165) is 5.56 Å². The topological polar surface area (TPSA) is 96.3 Å². The van der Waals surface area contributed by atoms with Crippen LogP contribution in [0, 0.1) is 5.41 Å². The van der Waals surface area contributed by atoms with E-state index in [-0.39, 0.29) is 11.5 Å². The Balaban J connectivity index is 1.84. The number of methoxy groups -OCH3 is 1. The minimum absolute atomic E-state index is 0.0931. The van der Waals surface area contributed by atoms with Gasteiger partial charge in [-0.15, -0.1) is 0 Å². The molecule has 0 amide bonds. The molecule has 0 saturated heterocycles. The molecule has 2 atom stereocenters. The zero-order valence-electron chi connectivity index (χ0n) is 13.9. The van der Waals surface area contributed by atoms with Gasteiger partial charge < -0.3 is 19.7 Å². The van der Waals surface area contributed by atoms with Gasteiger partial charge in [-0.3, -0.25) is 0 Å². The Labute approximate surface area is 135 Å². The van der Waals surface area contributed by atoms with Crippen molar-refractivity contribution in [1.29, 1.82) is 0 Å². The third kappa shape index (κ3) is 2.40. The quantitative estimate of drug-likeness (QED) is 0.902. The molecule has 2 heterocycles. The molecule has 1 fully saturated rings. The fourth-order valence-electron chi connectivity index (χ4n) is 2.95. The largest absolute Gasteiger partial charge is 0.481 e. The lowest BCUT2D eigenvalue weighted by Gasteiger charge is -2.56. The Morgan fingerprint density at radius 2 is 2.17 bits per heavy atom. The van der Waals surface area contributed by atoms with Crippen LogP contribution >= 0.6 is 0 Å². The van der Waals surface area contributed by atoms with Gasteiger partial charge in [0.1, 0.15) is 5.54 Å². The fraction of sp³-hybridized carbons (Fsp3) is 0.562. The summed E-state index contributed by atoms with van der Waals surface area (Å²) in [6, 6.07) is 3.58. The first-order valence-corrected chi connectivity index (χ1v) is 7.67. The van der Waals surface area contributed by atoms with Crippen LogP contribution in [0.5, 0.6) is 5.88 Å². The normalized spacial score (nSPS) is 25.9. The van der Waals surface area contributed by atoms with E-state index < -0.39 is 5.54 Å². The molecular formula is C16H22N4O3. The number of rotatable bonds is 5. The molecule has 1 aliphatic carbocycles. The van der Waals surface area contributed by atoms with Crippen molar-refractivity contribution >= 4 is 0 Å². The van der Waals surface area contributed by atoms with Gasteiger partial charge in [-0.25, -0.2) is 4.98 Å². The van der Waals surface area contributed by atoms with Gasteiger partial charge in [-0.1, -0.05) is 19.0 Å². The SMILES string of the molecule is CCOC1CC(N)(c2nc(-c3ccc(OC)nc3)no2)C1(C)C. The van der Waals surface area contributed by atoms with Crippen LogP contribution in [-0.2, 0) is 10.3 Å². The molecular weight excluding hydrogens is 296 g/mol. The van der Waals surface area contributed by atoms with Crippen LogP contribution in [0.1, 0.15) is 33.1 Å². The summed E-state index contributed by atoms with van der Waals surface area (Å²) >= 11 is 0. The molecule has 2 N–H and O–H groups in total. The maximum absolute atomic E-state index is 6.55. The van der Waals surface area contributed by atoms with Crippen molar-refractivity contribution in [2.75, 3.05) is 13.7 Å². The number of hydrogen-bond donors (Lipinski definition) is 1. The summed E-state index contributed by atoms with van der Waals surface area (Å²) < 4.78 is 16.2. The van der Waals surface area contributed by atoms with Crippen molar-refractivity contribution in [2.45, 2.75) is 38.8 Å². The smallest absolute Gasteiger partial charge is 0.247 e. The van der Waals surface area contributed by atoms with E-state index in [9.17, 15) is 0 Å². The van der Waals surface area contributed by atoms with Gasteiger partial charge in [0, 0.05) is 36.3 Å². The average Bonchev–Trinajstić information content (AvgIpc) is 3.05. The number of hydrogen-bond acceptors (Lipinski definition) is 7. The summed E-state index contributed by atoms with van der Waals surface area (Å²) in [6.45, 7) is 6.77. The van der Waals surface area contributed by atoms with E-state index in [0.29, 0.717) is 30.6 Å². The second-order valence-electron chi connectivity index (χ2n) is 6.35. The molecule has 7 nitrogen and oxygen atoms in total. The highest BCUT2D eigenvalue weighted by Crippen LogP contribution is 2.55. The van der Waals surface area contributed by atoms with Crippen LogP contribution in [0.3, 0.4) is 0 Å². The highest BCUT2D eigenvalue weighted by molar-refractivity contribution is 5.53. The predicted octanol–water partition coefficient (Wildman–Crippen LogP) is 2.13. The Kier molecular flexibility index (Phi) is 3.85. The van der Waals surface area contributed by atoms with Crippen molar-refractivity contribution in [1.82, 2.24) is 15.1 Å². The zero-order chi connectivity index (χ0) is 16.7. The first-order valence-electron chi connectivity index (χ1n) is 7.67. The van der Waals surface area contributed by atoms with Crippen molar-refractivity contribution in [3.05, 3.63) is 24.2 Å². The molecule has 7 heteroatoms. The third-order valence-corrected chi connectivity index (χ3v) is 4.84. The Hall–Kier alpha value is -1.99. The van der Waals surface area contributed by atoms with E-state index >= 15 is 0 Å². The monoisotopic (exact) mass is 318 g/mol. The van der Waals surface area contributed by atoms with Gasteiger partial charge in [0.05, 0.1) is 13.2 Å². The van der Waals surface area contributed by atoms with Gasteiger partial charge in [0.15, 0.2) is 0 Å². The molecule has 3 rings (SSSR count). The summed E-state index contributed by atoms with van der Waals surface area (Å²) in [4.78, 5) is 8.63. The minimum atomic E-state index is -0.683. The third-order valence-electron chi connectivity index (χ3n) is 4.84. The van der Waals surface area contributed by atoms with E-state index in [2.05, 4.69) is 29.0 Å². The number of nitrogens with two attached hydrogens (primary N) is 1. The molecule has 2 aromatic rings. The average molecular weight is 318 g/mol. The van der Waals surface area contributed by atoms with Gasteiger partial charge in [-0.2, -0.15) is 4.98 Å². The van der Waals surface area contributed by atoms with Crippen LogP contribution in [0.4, 0.5) is 0 Å². The number of pyridine rings is 1. The summed E-state index contributed by atoms with van der Waals surface area (Å²) in [5, 5.41) is 4.04. The van der Waals surface area contributed by atoms with Crippen molar-refractivity contribution in [2.24, 2.45) is 11.1 Å². The molecule has 124 valence electrons. The van der Waals surface area contributed by atoms with Crippen LogP contribution in [-0.4, -0.2) is 34.9 Å². The Morgan fingerprint density at radius 3 is 2.74 bits per heavy atom. The maximum Gasteiger partial charge on any atom is 0.247 e. The molecule has 1 saturated carbocycles. The first kappa shape index (κ1) is 15.9. The van der Waals surface area contributed by atoms with Gasteiger partial charge in [-0.05, 0) is 13.0 Å². The highest BCUT2D eigenvalue weighted by atomic mass is 16.5. The summed E-state index contributed by atoms with van der Waals surface area (Å²) in [6.07, 6.45) is 2.40. The second-order valence-corrected chi connectivity index (χ2v) is 6.35. The first-order chi connectivity index (χ1) is 10.9. The van der Waals surface area contributed by atoms with Crippen molar-refractivity contribution in [3.63, 3.8) is 0 Å².